The summed E-state index contributed by atoms with van der Waals surface area (Å²) < 4.78 is 32.5. The molecule has 1 aliphatic heterocycles. The second kappa shape index (κ2) is 6.15. The van der Waals surface area contributed by atoms with Gasteiger partial charge in [0.2, 0.25) is 0 Å². The summed E-state index contributed by atoms with van der Waals surface area (Å²) in [6.07, 6.45) is 0.0136. The number of nitrogens with two attached hydrogens (primary N) is 1. The summed E-state index contributed by atoms with van der Waals surface area (Å²) in [5.41, 5.74) is 5.39. The summed E-state index contributed by atoms with van der Waals surface area (Å²) >= 11 is 0. The van der Waals surface area contributed by atoms with Crippen molar-refractivity contribution >= 4 is 16.0 Å². The Kier molecular flexibility index (Phi) is 5.12. The molecule has 1 heterocycles. The van der Waals surface area contributed by atoms with Gasteiger partial charge in [-0.25, -0.2) is 4.72 Å². The molecule has 1 saturated heterocycles. The Bertz CT molecular complexity index is 370. The van der Waals surface area contributed by atoms with Crippen LogP contribution in [-0.4, -0.2) is 56.1 Å². The van der Waals surface area contributed by atoms with Gasteiger partial charge in [-0.05, 0) is 6.42 Å². The average molecular weight is 266 g/mol. The minimum absolute atomic E-state index is 0.0505. The molecule has 0 aromatic carbocycles. The normalized spacial score (nSPS) is 23.8. The summed E-state index contributed by atoms with van der Waals surface area (Å²) in [6.45, 7) is 2.78. The maximum absolute atomic E-state index is 11.8. The molecule has 1 aliphatic rings. The van der Waals surface area contributed by atoms with Gasteiger partial charge in [-0.15, -0.1) is 0 Å². The van der Waals surface area contributed by atoms with Gasteiger partial charge in [0.1, 0.15) is 6.10 Å². The van der Waals surface area contributed by atoms with Crippen LogP contribution in [0.1, 0.15) is 13.3 Å². The topological polar surface area (TPSA) is 117 Å². The first-order chi connectivity index (χ1) is 8.01. The van der Waals surface area contributed by atoms with Gasteiger partial charge >= 0.3 is 0 Å². The monoisotopic (exact) mass is 266 g/mol. The highest BCUT2D eigenvalue weighted by atomic mass is 32.2. The number of hydrogen-bond donors (Lipinski definition) is 3. The lowest BCUT2D eigenvalue weighted by atomic mass is 10.3. The molecule has 0 aromatic heterocycles. The number of morpholine rings is 1. The van der Waals surface area contributed by atoms with Crippen LogP contribution in [0.5, 0.6) is 0 Å². The van der Waals surface area contributed by atoms with Crippen molar-refractivity contribution in [3.8, 4) is 0 Å². The molecule has 9 heteroatoms. The summed E-state index contributed by atoms with van der Waals surface area (Å²) in [6, 6.07) is 0. The highest BCUT2D eigenvalue weighted by Gasteiger charge is 2.31. The van der Waals surface area contributed by atoms with E-state index in [2.05, 4.69) is 9.88 Å². The van der Waals surface area contributed by atoms with Crippen LogP contribution < -0.4 is 10.5 Å². The van der Waals surface area contributed by atoms with E-state index in [4.69, 9.17) is 15.7 Å². The molecular formula is C8H18N4O4S. The Morgan fingerprint density at radius 1 is 1.71 bits per heavy atom. The Hall–Kier alpha value is -0.900. The third kappa shape index (κ3) is 3.80. The van der Waals surface area contributed by atoms with Gasteiger partial charge in [0.15, 0.2) is 5.84 Å². The van der Waals surface area contributed by atoms with Crippen LogP contribution in [0.2, 0.25) is 0 Å². The van der Waals surface area contributed by atoms with Crippen LogP contribution in [-0.2, 0) is 14.9 Å². The molecule has 1 unspecified atom stereocenters. The summed E-state index contributed by atoms with van der Waals surface area (Å²) in [5, 5.41) is 11.3. The first-order valence-corrected chi connectivity index (χ1v) is 6.79. The van der Waals surface area contributed by atoms with Crippen LogP contribution in [0.15, 0.2) is 5.16 Å². The predicted octanol–water partition coefficient (Wildman–Crippen LogP) is -1.32. The Morgan fingerprint density at radius 2 is 2.41 bits per heavy atom. The third-order valence-electron chi connectivity index (χ3n) is 2.35. The molecule has 0 aromatic rings. The molecule has 8 nitrogen and oxygen atoms in total. The number of ether oxygens (including phenoxy) is 1. The first-order valence-electron chi connectivity index (χ1n) is 5.35. The lowest BCUT2D eigenvalue weighted by Crippen LogP contribution is -2.53. The van der Waals surface area contributed by atoms with Crippen molar-refractivity contribution in [2.75, 3.05) is 26.2 Å². The zero-order chi connectivity index (χ0) is 12.9. The highest BCUT2D eigenvalue weighted by Crippen LogP contribution is 2.09. The molecule has 0 amide bonds. The Balaban J connectivity index is 2.66. The first kappa shape index (κ1) is 14.2. The van der Waals surface area contributed by atoms with Gasteiger partial charge in [0, 0.05) is 19.6 Å². The zero-order valence-corrected chi connectivity index (χ0v) is 10.5. The number of hydrogen-bond acceptors (Lipinski definition) is 5. The van der Waals surface area contributed by atoms with Crippen molar-refractivity contribution in [2.24, 2.45) is 10.9 Å². The van der Waals surface area contributed by atoms with E-state index in [1.54, 1.807) is 0 Å². The highest BCUT2D eigenvalue weighted by molar-refractivity contribution is 7.87. The van der Waals surface area contributed by atoms with E-state index in [1.807, 2.05) is 6.92 Å². The fraction of sp³-hybridized carbons (Fsp3) is 0.875. The maximum atomic E-state index is 11.8. The van der Waals surface area contributed by atoms with E-state index in [1.165, 1.54) is 4.31 Å². The Labute approximate surface area is 101 Å². The molecule has 100 valence electrons. The van der Waals surface area contributed by atoms with Crippen molar-refractivity contribution in [3.05, 3.63) is 0 Å². The maximum Gasteiger partial charge on any atom is 0.279 e. The van der Waals surface area contributed by atoms with Crippen molar-refractivity contribution in [1.29, 1.82) is 0 Å². The van der Waals surface area contributed by atoms with Crippen LogP contribution in [0.4, 0.5) is 0 Å². The van der Waals surface area contributed by atoms with Gasteiger partial charge in [-0.1, -0.05) is 12.1 Å². The van der Waals surface area contributed by atoms with Crippen molar-refractivity contribution in [1.82, 2.24) is 9.03 Å². The number of nitrogens with zero attached hydrogens (tertiary/aromatic N) is 2. The van der Waals surface area contributed by atoms with Gasteiger partial charge < -0.3 is 15.7 Å². The van der Waals surface area contributed by atoms with Crippen LogP contribution in [0.25, 0.3) is 0 Å². The number of oxime groups is 1. The fourth-order valence-corrected chi connectivity index (χ4v) is 2.70. The number of nitrogens with one attached hydrogen (secondary N) is 1. The number of amidine groups is 1. The fourth-order valence-electron chi connectivity index (χ4n) is 1.41. The van der Waals surface area contributed by atoms with Crippen LogP contribution >= 0.6 is 0 Å². The van der Waals surface area contributed by atoms with E-state index >= 15 is 0 Å². The van der Waals surface area contributed by atoms with E-state index in [9.17, 15) is 8.42 Å². The second-order valence-corrected chi connectivity index (χ2v) is 5.40. The third-order valence-corrected chi connectivity index (χ3v) is 3.93. The minimum Gasteiger partial charge on any atom is -0.409 e. The van der Waals surface area contributed by atoms with Crippen LogP contribution in [0, 0.1) is 0 Å². The summed E-state index contributed by atoms with van der Waals surface area (Å²) in [5.74, 6) is -0.125. The van der Waals surface area contributed by atoms with Crippen molar-refractivity contribution in [2.45, 2.75) is 19.4 Å². The van der Waals surface area contributed by atoms with Crippen molar-refractivity contribution < 1.29 is 18.4 Å². The smallest absolute Gasteiger partial charge is 0.279 e. The SMILES string of the molecule is CCCNS(=O)(=O)N1CCOC(C(N)=NO)C1. The average Bonchev–Trinajstić information content (AvgIpc) is 2.35. The lowest BCUT2D eigenvalue weighted by Gasteiger charge is -2.31. The molecule has 17 heavy (non-hydrogen) atoms. The van der Waals surface area contributed by atoms with E-state index in [0.29, 0.717) is 13.0 Å². The Morgan fingerprint density at radius 3 is 3.00 bits per heavy atom. The second-order valence-electron chi connectivity index (χ2n) is 3.64. The van der Waals surface area contributed by atoms with E-state index in [0.717, 1.165) is 0 Å². The quantitative estimate of drug-likeness (QED) is 0.247. The molecule has 1 atom stereocenters. The molecule has 0 spiro atoms. The molecule has 4 N–H and O–H groups in total. The molecule has 0 aliphatic carbocycles. The lowest BCUT2D eigenvalue weighted by molar-refractivity contribution is 0.0350. The van der Waals surface area contributed by atoms with Crippen LogP contribution in [0.3, 0.4) is 0 Å². The largest absolute Gasteiger partial charge is 0.409 e. The van der Waals surface area contributed by atoms with Crippen molar-refractivity contribution in [3.63, 3.8) is 0 Å². The zero-order valence-electron chi connectivity index (χ0n) is 9.66. The summed E-state index contributed by atoms with van der Waals surface area (Å²) in [4.78, 5) is 0. The van der Waals surface area contributed by atoms with Gasteiger partial charge in [0.25, 0.3) is 10.2 Å². The molecule has 1 rings (SSSR count). The molecule has 1 fully saturated rings. The van der Waals surface area contributed by atoms with E-state index in [-0.39, 0.29) is 25.5 Å². The molecule has 0 bridgehead atoms. The van der Waals surface area contributed by atoms with Gasteiger partial charge in [0.05, 0.1) is 6.61 Å². The molecular weight excluding hydrogens is 248 g/mol. The summed E-state index contributed by atoms with van der Waals surface area (Å²) in [7, 11) is -3.51. The molecule has 0 radical (unpaired) electrons. The van der Waals surface area contributed by atoms with Gasteiger partial charge in [-0.3, -0.25) is 0 Å². The minimum atomic E-state index is -3.51. The number of rotatable bonds is 5. The van der Waals surface area contributed by atoms with E-state index < -0.39 is 16.3 Å². The predicted molar refractivity (Wildman–Crippen MR) is 61.9 cm³/mol. The van der Waals surface area contributed by atoms with Gasteiger partial charge in [-0.2, -0.15) is 12.7 Å². The standard InChI is InChI=1S/C8H18N4O4S/c1-2-3-10-17(14,15)12-4-5-16-7(6-12)8(9)11-13/h7,10,13H,2-6H2,1H3,(H2,9,11). The molecule has 0 saturated carbocycles.